The zero-order chi connectivity index (χ0) is 17.9. The van der Waals surface area contributed by atoms with Crippen LogP contribution >= 0.6 is 0 Å². The zero-order valence-corrected chi connectivity index (χ0v) is 13.6. The molecule has 0 aromatic heterocycles. The number of nitrogens with zero attached hydrogens (tertiary/aromatic N) is 1. The van der Waals surface area contributed by atoms with Crippen LogP contribution in [0.2, 0.25) is 0 Å². The van der Waals surface area contributed by atoms with Crippen LogP contribution in [0.5, 0.6) is 5.75 Å². The van der Waals surface area contributed by atoms with Gasteiger partial charge in [-0.1, -0.05) is 6.07 Å². The van der Waals surface area contributed by atoms with Gasteiger partial charge in [0.05, 0.1) is 18.8 Å². The summed E-state index contributed by atoms with van der Waals surface area (Å²) in [5.41, 5.74) is 1.40. The Hall–Kier alpha value is -1.80. The Balaban J connectivity index is 2.07. The number of hydrogen-bond donors (Lipinski definition) is 2. The van der Waals surface area contributed by atoms with Crippen LogP contribution < -0.4 is 10.1 Å². The molecule has 1 fully saturated rings. The van der Waals surface area contributed by atoms with Crippen molar-refractivity contribution in [3.8, 4) is 5.75 Å². The standard InChI is InChI=1S/C16H21F3N2O3/c1-10-5-6-13(24-2)11(8-10)20-15(23)12-4-3-7-21(12)9-14(22)16(17,18)19/h5-6,8,12,14,22H,3-4,7,9H2,1-2H3,(H,20,23)/t12-,14+/m0/s1. The van der Waals surface area contributed by atoms with Gasteiger partial charge < -0.3 is 15.2 Å². The van der Waals surface area contributed by atoms with Gasteiger partial charge in [0.15, 0.2) is 6.10 Å². The van der Waals surface area contributed by atoms with Crippen molar-refractivity contribution in [2.24, 2.45) is 0 Å². The molecule has 1 heterocycles. The first-order chi connectivity index (χ1) is 11.2. The second-order valence-electron chi connectivity index (χ2n) is 5.90. The van der Waals surface area contributed by atoms with Gasteiger partial charge in [-0.25, -0.2) is 0 Å². The first kappa shape index (κ1) is 18.5. The molecule has 2 rings (SSSR count). The molecule has 5 nitrogen and oxygen atoms in total. The monoisotopic (exact) mass is 346 g/mol. The molecule has 1 aliphatic rings. The van der Waals surface area contributed by atoms with E-state index >= 15 is 0 Å². The summed E-state index contributed by atoms with van der Waals surface area (Å²) in [6.07, 6.45) is -6.10. The number of aliphatic hydroxyl groups excluding tert-OH is 1. The number of rotatable bonds is 5. The molecular weight excluding hydrogens is 325 g/mol. The second kappa shape index (κ2) is 7.40. The lowest BCUT2D eigenvalue weighted by Gasteiger charge is -2.27. The van der Waals surface area contributed by atoms with Crippen molar-refractivity contribution in [2.75, 3.05) is 25.5 Å². The number of β-amino-alcohol motifs (C(OH)–C–C–N with tert-alkyl or cyclic N) is 1. The molecule has 2 atom stereocenters. The van der Waals surface area contributed by atoms with Crippen molar-refractivity contribution >= 4 is 11.6 Å². The van der Waals surface area contributed by atoms with Crippen LogP contribution in [0.3, 0.4) is 0 Å². The third kappa shape index (κ3) is 4.39. The van der Waals surface area contributed by atoms with E-state index in [-0.39, 0.29) is 0 Å². The van der Waals surface area contributed by atoms with E-state index in [1.807, 2.05) is 13.0 Å². The molecule has 1 aliphatic heterocycles. The van der Waals surface area contributed by atoms with Gasteiger partial charge in [-0.2, -0.15) is 13.2 Å². The Morgan fingerprint density at radius 2 is 2.21 bits per heavy atom. The molecule has 134 valence electrons. The molecule has 1 aromatic carbocycles. The summed E-state index contributed by atoms with van der Waals surface area (Å²) in [6, 6.07) is 4.58. The fourth-order valence-electron chi connectivity index (χ4n) is 2.80. The average molecular weight is 346 g/mol. The lowest BCUT2D eigenvalue weighted by atomic mass is 10.1. The van der Waals surface area contributed by atoms with E-state index in [0.717, 1.165) is 5.56 Å². The van der Waals surface area contributed by atoms with Crippen molar-refractivity contribution in [2.45, 2.75) is 38.1 Å². The summed E-state index contributed by atoms with van der Waals surface area (Å²) in [4.78, 5) is 13.8. The Bertz CT molecular complexity index is 592. The largest absolute Gasteiger partial charge is 0.495 e. The molecule has 8 heteroatoms. The number of benzene rings is 1. The quantitative estimate of drug-likeness (QED) is 0.859. The smallest absolute Gasteiger partial charge is 0.415 e. The lowest BCUT2D eigenvalue weighted by Crippen LogP contribution is -2.46. The number of nitrogens with one attached hydrogen (secondary N) is 1. The van der Waals surface area contributed by atoms with Crippen LogP contribution in [0.15, 0.2) is 18.2 Å². The number of likely N-dealkylation sites (tertiary alicyclic amines) is 1. The molecule has 0 saturated carbocycles. The van der Waals surface area contributed by atoms with Crippen molar-refractivity contribution < 1.29 is 27.8 Å². The van der Waals surface area contributed by atoms with Crippen molar-refractivity contribution in [3.63, 3.8) is 0 Å². The summed E-state index contributed by atoms with van der Waals surface area (Å²) >= 11 is 0. The van der Waals surface area contributed by atoms with E-state index < -0.39 is 30.8 Å². The topological polar surface area (TPSA) is 61.8 Å². The van der Waals surface area contributed by atoms with E-state index in [9.17, 15) is 23.1 Å². The highest BCUT2D eigenvalue weighted by molar-refractivity contribution is 5.96. The third-order valence-electron chi connectivity index (χ3n) is 4.06. The van der Waals surface area contributed by atoms with Crippen molar-refractivity contribution in [1.29, 1.82) is 0 Å². The first-order valence-corrected chi connectivity index (χ1v) is 7.66. The summed E-state index contributed by atoms with van der Waals surface area (Å²) in [6.45, 7) is 1.60. The molecule has 24 heavy (non-hydrogen) atoms. The van der Waals surface area contributed by atoms with E-state index in [1.54, 1.807) is 12.1 Å². The van der Waals surface area contributed by atoms with Gasteiger partial charge in [-0.3, -0.25) is 9.69 Å². The number of methoxy groups -OCH3 is 1. The fraction of sp³-hybridized carbons (Fsp3) is 0.562. The maximum Gasteiger partial charge on any atom is 0.415 e. The van der Waals surface area contributed by atoms with Gasteiger partial charge in [0.25, 0.3) is 0 Å². The first-order valence-electron chi connectivity index (χ1n) is 7.66. The van der Waals surface area contributed by atoms with Gasteiger partial charge >= 0.3 is 6.18 Å². The Morgan fingerprint density at radius 1 is 1.50 bits per heavy atom. The molecule has 0 bridgehead atoms. The number of carbonyl (C=O) groups excluding carboxylic acids is 1. The number of ether oxygens (including phenoxy) is 1. The van der Waals surface area contributed by atoms with Crippen LogP contribution in [0.1, 0.15) is 18.4 Å². The van der Waals surface area contributed by atoms with Gasteiger partial charge in [-0.05, 0) is 44.0 Å². The SMILES string of the molecule is COc1ccc(C)cc1NC(=O)[C@@H]1CCCN1C[C@@H](O)C(F)(F)F. The number of amides is 1. The number of hydrogen-bond acceptors (Lipinski definition) is 4. The minimum Gasteiger partial charge on any atom is -0.495 e. The van der Waals surface area contributed by atoms with Crippen LogP contribution in [0.25, 0.3) is 0 Å². The van der Waals surface area contributed by atoms with Crippen LogP contribution in [0.4, 0.5) is 18.9 Å². The molecule has 0 unspecified atom stereocenters. The van der Waals surface area contributed by atoms with E-state index in [0.29, 0.717) is 30.8 Å². The van der Waals surface area contributed by atoms with Gasteiger partial charge in [0, 0.05) is 6.54 Å². The second-order valence-corrected chi connectivity index (χ2v) is 5.90. The number of alkyl halides is 3. The summed E-state index contributed by atoms with van der Waals surface area (Å²) in [5, 5.41) is 12.0. The molecule has 0 spiro atoms. The Labute approximate surface area is 138 Å². The highest BCUT2D eigenvalue weighted by Gasteiger charge is 2.42. The van der Waals surface area contributed by atoms with E-state index in [4.69, 9.17) is 4.74 Å². The molecule has 1 aromatic rings. The predicted molar refractivity (Wildman–Crippen MR) is 83.0 cm³/mol. The number of carbonyl (C=O) groups is 1. The van der Waals surface area contributed by atoms with Crippen LogP contribution in [-0.4, -0.2) is 54.4 Å². The Morgan fingerprint density at radius 3 is 2.83 bits per heavy atom. The molecular formula is C16H21F3N2O3. The zero-order valence-electron chi connectivity index (χ0n) is 13.6. The number of anilines is 1. The average Bonchev–Trinajstić information content (AvgIpc) is 2.94. The highest BCUT2D eigenvalue weighted by atomic mass is 19.4. The van der Waals surface area contributed by atoms with E-state index in [2.05, 4.69) is 5.32 Å². The summed E-state index contributed by atoms with van der Waals surface area (Å²) < 4.78 is 42.8. The number of halogens is 3. The van der Waals surface area contributed by atoms with Gasteiger partial charge in [0.1, 0.15) is 5.75 Å². The van der Waals surface area contributed by atoms with Gasteiger partial charge in [-0.15, -0.1) is 0 Å². The fourth-order valence-corrected chi connectivity index (χ4v) is 2.80. The maximum absolute atomic E-state index is 12.5. The number of aryl methyl sites for hydroxylation is 1. The summed E-state index contributed by atoms with van der Waals surface area (Å²) in [7, 11) is 1.47. The molecule has 0 aliphatic carbocycles. The van der Waals surface area contributed by atoms with Crippen molar-refractivity contribution in [1.82, 2.24) is 4.90 Å². The lowest BCUT2D eigenvalue weighted by molar-refractivity contribution is -0.208. The predicted octanol–water partition coefficient (Wildman–Crippen LogP) is 2.33. The molecule has 0 radical (unpaired) electrons. The number of aliphatic hydroxyl groups is 1. The minimum atomic E-state index is -4.69. The minimum absolute atomic E-state index is 0.343. The Kier molecular flexibility index (Phi) is 5.71. The van der Waals surface area contributed by atoms with E-state index in [1.165, 1.54) is 12.0 Å². The van der Waals surface area contributed by atoms with Crippen LogP contribution in [-0.2, 0) is 4.79 Å². The normalized spacial score (nSPS) is 20.0. The van der Waals surface area contributed by atoms with Crippen molar-refractivity contribution in [3.05, 3.63) is 23.8 Å². The highest BCUT2D eigenvalue weighted by Crippen LogP contribution is 2.28. The summed E-state index contributed by atoms with van der Waals surface area (Å²) in [5.74, 6) is 0.0830. The third-order valence-corrected chi connectivity index (χ3v) is 4.06. The molecule has 1 saturated heterocycles. The molecule has 1 amide bonds. The maximum atomic E-state index is 12.5. The molecule has 2 N–H and O–H groups in total. The van der Waals surface area contributed by atoms with Crippen LogP contribution in [0, 0.1) is 6.92 Å². The van der Waals surface area contributed by atoms with Gasteiger partial charge in [0.2, 0.25) is 5.91 Å².